The Labute approximate surface area is 138 Å². The van der Waals surface area contributed by atoms with Gasteiger partial charge >= 0.3 is 0 Å². The molecule has 3 rings (SSSR count). The van der Waals surface area contributed by atoms with Gasteiger partial charge in [-0.3, -0.25) is 10.1 Å². The summed E-state index contributed by atoms with van der Waals surface area (Å²) in [7, 11) is 0. The van der Waals surface area contributed by atoms with Crippen LogP contribution >= 0.6 is 11.6 Å². The lowest BCUT2D eigenvalue weighted by atomic mass is 10.1. The first kappa shape index (κ1) is 16.1. The molecule has 2 aromatic carbocycles. The molecule has 122 valence electrons. The summed E-state index contributed by atoms with van der Waals surface area (Å²) in [6, 6.07) is 8.09. The average molecular weight is 353 g/mol. The van der Waals surface area contributed by atoms with Crippen LogP contribution in [-0.4, -0.2) is 11.1 Å². The minimum Gasteiger partial charge on any atom is -0.338 e. The van der Waals surface area contributed by atoms with Crippen LogP contribution in [0.25, 0.3) is 11.1 Å². The number of hydrogen-bond acceptors (Lipinski definition) is 3. The Morgan fingerprint density at radius 3 is 2.46 bits per heavy atom. The fourth-order valence-electron chi connectivity index (χ4n) is 2.04. The van der Waals surface area contributed by atoms with Gasteiger partial charge in [0.25, 0.3) is 5.91 Å². The first-order valence-electron chi connectivity index (χ1n) is 6.63. The predicted octanol–water partition coefficient (Wildman–Crippen LogP) is 4.66. The van der Waals surface area contributed by atoms with Gasteiger partial charge < -0.3 is 4.52 Å². The molecule has 3 aromatic rings. The SMILES string of the molecule is O=C(Nc1oncc1-c1ccc(Cl)cc1)c1ccc(F)c(F)c1F. The van der Waals surface area contributed by atoms with Crippen molar-refractivity contribution in [2.24, 2.45) is 0 Å². The molecule has 8 heteroatoms. The van der Waals surface area contributed by atoms with Gasteiger partial charge in [-0.25, -0.2) is 13.2 Å². The van der Waals surface area contributed by atoms with Crippen molar-refractivity contribution in [3.63, 3.8) is 0 Å². The molecule has 0 aliphatic rings. The predicted molar refractivity (Wildman–Crippen MR) is 81.2 cm³/mol. The highest BCUT2D eigenvalue weighted by Crippen LogP contribution is 2.29. The van der Waals surface area contributed by atoms with Gasteiger partial charge in [0.05, 0.1) is 17.3 Å². The molecular weight excluding hydrogens is 345 g/mol. The van der Waals surface area contributed by atoms with Gasteiger partial charge in [0.15, 0.2) is 17.5 Å². The molecule has 0 bridgehead atoms. The van der Waals surface area contributed by atoms with E-state index in [0.717, 1.165) is 6.07 Å². The number of nitrogens with one attached hydrogen (secondary N) is 1. The first-order chi connectivity index (χ1) is 11.5. The minimum atomic E-state index is -1.72. The molecule has 1 heterocycles. The van der Waals surface area contributed by atoms with E-state index in [2.05, 4.69) is 10.5 Å². The maximum absolute atomic E-state index is 13.7. The third-order valence-electron chi connectivity index (χ3n) is 3.23. The normalized spacial score (nSPS) is 10.7. The number of aromatic nitrogens is 1. The van der Waals surface area contributed by atoms with Crippen LogP contribution in [-0.2, 0) is 0 Å². The van der Waals surface area contributed by atoms with E-state index in [1.54, 1.807) is 24.3 Å². The van der Waals surface area contributed by atoms with Gasteiger partial charge in [-0.15, -0.1) is 0 Å². The summed E-state index contributed by atoms with van der Waals surface area (Å²) in [5, 5.41) is 6.37. The Bertz CT molecular complexity index is 910. The quantitative estimate of drug-likeness (QED) is 0.697. The average Bonchev–Trinajstić information content (AvgIpc) is 3.01. The molecular formula is C16H8ClF3N2O2. The van der Waals surface area contributed by atoms with E-state index in [9.17, 15) is 18.0 Å². The molecule has 0 aliphatic heterocycles. The number of anilines is 1. The maximum atomic E-state index is 13.7. The summed E-state index contributed by atoms with van der Waals surface area (Å²) in [4.78, 5) is 12.1. The second-order valence-corrected chi connectivity index (χ2v) is 5.19. The van der Waals surface area contributed by atoms with E-state index in [1.807, 2.05) is 0 Å². The Morgan fingerprint density at radius 1 is 1.04 bits per heavy atom. The van der Waals surface area contributed by atoms with Gasteiger partial charge in [0, 0.05) is 5.02 Å². The van der Waals surface area contributed by atoms with Gasteiger partial charge in [-0.05, 0) is 29.8 Å². The van der Waals surface area contributed by atoms with Crippen molar-refractivity contribution < 1.29 is 22.5 Å². The van der Waals surface area contributed by atoms with Gasteiger partial charge in [-0.1, -0.05) is 28.9 Å². The van der Waals surface area contributed by atoms with Crippen molar-refractivity contribution in [1.29, 1.82) is 0 Å². The summed E-state index contributed by atoms with van der Waals surface area (Å²) >= 11 is 5.81. The van der Waals surface area contributed by atoms with Crippen LogP contribution in [0.4, 0.5) is 19.1 Å². The summed E-state index contributed by atoms with van der Waals surface area (Å²) in [5.41, 5.74) is 0.400. The molecule has 0 unspecified atom stereocenters. The number of amides is 1. The molecule has 24 heavy (non-hydrogen) atoms. The lowest BCUT2D eigenvalue weighted by Crippen LogP contribution is -2.15. The van der Waals surface area contributed by atoms with Crippen LogP contribution < -0.4 is 5.32 Å². The summed E-state index contributed by atoms with van der Waals surface area (Å²) < 4.78 is 44.8. The molecule has 0 fully saturated rings. The zero-order valence-electron chi connectivity index (χ0n) is 11.8. The number of nitrogens with zero attached hydrogens (tertiary/aromatic N) is 1. The Kier molecular flexibility index (Phi) is 4.26. The molecule has 0 saturated heterocycles. The molecule has 4 nitrogen and oxygen atoms in total. The lowest BCUT2D eigenvalue weighted by molar-refractivity contribution is 0.101. The molecule has 0 saturated carbocycles. The lowest BCUT2D eigenvalue weighted by Gasteiger charge is -2.06. The monoisotopic (exact) mass is 352 g/mol. The van der Waals surface area contributed by atoms with Crippen molar-refractivity contribution in [3.05, 3.63) is 70.6 Å². The number of carbonyl (C=O) groups is 1. The fourth-order valence-corrected chi connectivity index (χ4v) is 2.16. The van der Waals surface area contributed by atoms with Crippen LogP contribution in [0.5, 0.6) is 0 Å². The Balaban J connectivity index is 1.90. The Morgan fingerprint density at radius 2 is 1.75 bits per heavy atom. The first-order valence-corrected chi connectivity index (χ1v) is 7.00. The van der Waals surface area contributed by atoms with E-state index in [-0.39, 0.29) is 5.88 Å². The van der Waals surface area contributed by atoms with Crippen molar-refractivity contribution >= 4 is 23.4 Å². The number of benzene rings is 2. The molecule has 0 aliphatic carbocycles. The third kappa shape index (κ3) is 2.98. The van der Waals surface area contributed by atoms with Gasteiger partial charge in [0.2, 0.25) is 5.88 Å². The zero-order valence-corrected chi connectivity index (χ0v) is 12.6. The minimum absolute atomic E-state index is 0.0635. The van der Waals surface area contributed by atoms with E-state index in [0.29, 0.717) is 22.2 Å². The number of rotatable bonds is 3. The number of hydrogen-bond donors (Lipinski definition) is 1. The number of carbonyl (C=O) groups excluding carboxylic acids is 1. The Hall–Kier alpha value is -2.80. The fraction of sp³-hybridized carbons (Fsp3) is 0. The van der Waals surface area contributed by atoms with E-state index < -0.39 is 28.9 Å². The summed E-state index contributed by atoms with van der Waals surface area (Å²) in [6.45, 7) is 0. The summed E-state index contributed by atoms with van der Waals surface area (Å²) in [6.07, 6.45) is 1.35. The van der Waals surface area contributed by atoms with Crippen LogP contribution in [0.2, 0.25) is 5.02 Å². The molecule has 1 N–H and O–H groups in total. The van der Waals surface area contributed by atoms with E-state index >= 15 is 0 Å². The second kappa shape index (κ2) is 6.37. The molecule has 1 aromatic heterocycles. The van der Waals surface area contributed by atoms with Crippen LogP contribution in [0.15, 0.2) is 47.1 Å². The summed E-state index contributed by atoms with van der Waals surface area (Å²) in [5.74, 6) is -5.76. The highest BCUT2D eigenvalue weighted by molar-refractivity contribution is 6.30. The van der Waals surface area contributed by atoms with Crippen molar-refractivity contribution in [2.45, 2.75) is 0 Å². The highest BCUT2D eigenvalue weighted by atomic mass is 35.5. The molecule has 0 atom stereocenters. The van der Waals surface area contributed by atoms with Crippen LogP contribution in [0.1, 0.15) is 10.4 Å². The zero-order chi connectivity index (χ0) is 17.3. The largest absolute Gasteiger partial charge is 0.338 e. The van der Waals surface area contributed by atoms with Gasteiger partial charge in [0.1, 0.15) is 0 Å². The smallest absolute Gasteiger partial charge is 0.261 e. The highest BCUT2D eigenvalue weighted by Gasteiger charge is 2.21. The van der Waals surface area contributed by atoms with Crippen LogP contribution in [0, 0.1) is 17.5 Å². The van der Waals surface area contributed by atoms with Gasteiger partial charge in [-0.2, -0.15) is 0 Å². The number of halogens is 4. The third-order valence-corrected chi connectivity index (χ3v) is 3.48. The maximum Gasteiger partial charge on any atom is 0.261 e. The standard InChI is InChI=1S/C16H8ClF3N2O2/c17-9-3-1-8(2-4-9)11-7-21-24-16(11)22-15(23)10-5-6-12(18)14(20)13(10)19/h1-7H,(H,22,23). The molecule has 0 spiro atoms. The van der Waals surface area contributed by atoms with E-state index in [1.165, 1.54) is 6.20 Å². The topological polar surface area (TPSA) is 55.1 Å². The second-order valence-electron chi connectivity index (χ2n) is 4.75. The molecule has 1 amide bonds. The van der Waals surface area contributed by atoms with E-state index in [4.69, 9.17) is 16.1 Å². The van der Waals surface area contributed by atoms with Crippen LogP contribution in [0.3, 0.4) is 0 Å². The van der Waals surface area contributed by atoms with Crippen molar-refractivity contribution in [1.82, 2.24) is 5.16 Å². The van der Waals surface area contributed by atoms with Crippen molar-refractivity contribution in [2.75, 3.05) is 5.32 Å². The van der Waals surface area contributed by atoms with Crippen molar-refractivity contribution in [3.8, 4) is 11.1 Å². The molecule has 0 radical (unpaired) electrons.